The lowest BCUT2D eigenvalue weighted by Crippen LogP contribution is -2.57. The molecule has 1 atom stereocenters. The Morgan fingerprint density at radius 1 is 1.19 bits per heavy atom. The molecule has 1 saturated heterocycles. The summed E-state index contributed by atoms with van der Waals surface area (Å²) in [6, 6.07) is 6.87. The molecule has 0 radical (unpaired) electrons. The molecule has 2 heterocycles. The van der Waals surface area contributed by atoms with Crippen molar-refractivity contribution < 1.29 is 18.0 Å². The second-order valence-electron chi connectivity index (χ2n) is 7.48. The number of halogens is 2. The molecule has 0 bridgehead atoms. The standard InChI is InChI=1S/C20H24BrClN4O4S2/c1-13-14(21)4-3-5-17(13)32(29,30)24-15(20(28)26-10-8-25(2)9-11-26)12-23-19(27)16-6-7-18(22)31-16/h3-7,15,24H,8-12H2,1-2H3,(H,23,27)/t15-/m0/s1. The largest absolute Gasteiger partial charge is 0.349 e. The summed E-state index contributed by atoms with van der Waals surface area (Å²) in [5.41, 5.74) is 0.531. The van der Waals surface area contributed by atoms with Gasteiger partial charge in [0.2, 0.25) is 15.9 Å². The lowest BCUT2D eigenvalue weighted by molar-refractivity contribution is -0.134. The van der Waals surface area contributed by atoms with Crippen molar-refractivity contribution in [2.75, 3.05) is 39.8 Å². The summed E-state index contributed by atoms with van der Waals surface area (Å²) in [5.74, 6) is -0.797. The summed E-state index contributed by atoms with van der Waals surface area (Å²) in [5, 5.41) is 2.66. The maximum atomic E-state index is 13.2. The van der Waals surface area contributed by atoms with Crippen molar-refractivity contribution in [3.8, 4) is 0 Å². The van der Waals surface area contributed by atoms with E-state index >= 15 is 0 Å². The van der Waals surface area contributed by atoms with E-state index in [9.17, 15) is 18.0 Å². The number of carbonyl (C=O) groups is 2. The minimum Gasteiger partial charge on any atom is -0.349 e. The molecule has 0 saturated carbocycles. The first kappa shape index (κ1) is 25.1. The predicted octanol–water partition coefficient (Wildman–Crippen LogP) is 2.32. The highest BCUT2D eigenvalue weighted by atomic mass is 79.9. The smallest absolute Gasteiger partial charge is 0.261 e. The average Bonchev–Trinajstić information content (AvgIpc) is 3.19. The van der Waals surface area contributed by atoms with Gasteiger partial charge in [0.05, 0.1) is 14.1 Å². The summed E-state index contributed by atoms with van der Waals surface area (Å²) in [4.78, 5) is 29.8. The number of hydrogen-bond donors (Lipinski definition) is 2. The van der Waals surface area contributed by atoms with Gasteiger partial charge in [0.1, 0.15) is 6.04 Å². The minimum atomic E-state index is -4.02. The quantitative estimate of drug-likeness (QED) is 0.539. The first-order valence-corrected chi connectivity index (χ1v) is 13.3. The van der Waals surface area contributed by atoms with E-state index in [1.54, 1.807) is 36.1 Å². The maximum Gasteiger partial charge on any atom is 0.261 e. The van der Waals surface area contributed by atoms with Gasteiger partial charge in [0.25, 0.3) is 5.91 Å². The fourth-order valence-electron chi connectivity index (χ4n) is 3.27. The minimum absolute atomic E-state index is 0.0689. The molecular weight excluding hydrogens is 540 g/mol. The predicted molar refractivity (Wildman–Crippen MR) is 129 cm³/mol. The van der Waals surface area contributed by atoms with Gasteiger partial charge >= 0.3 is 0 Å². The SMILES string of the molecule is Cc1c(Br)cccc1S(=O)(=O)N[C@@H](CNC(=O)c1ccc(Cl)s1)C(=O)N1CCN(C)CC1. The van der Waals surface area contributed by atoms with Gasteiger partial charge in [-0.2, -0.15) is 4.72 Å². The summed E-state index contributed by atoms with van der Waals surface area (Å²) in [6.45, 7) is 3.84. The highest BCUT2D eigenvalue weighted by Crippen LogP contribution is 2.24. The van der Waals surface area contributed by atoms with Crippen molar-refractivity contribution in [3.05, 3.63) is 49.6 Å². The number of sulfonamides is 1. The van der Waals surface area contributed by atoms with E-state index in [0.29, 0.717) is 45.4 Å². The molecule has 1 aliphatic rings. The van der Waals surface area contributed by atoms with Crippen molar-refractivity contribution >= 4 is 60.7 Å². The third kappa shape index (κ3) is 6.09. The van der Waals surface area contributed by atoms with E-state index in [2.05, 4.69) is 30.9 Å². The van der Waals surface area contributed by atoms with Gasteiger partial charge in [-0.25, -0.2) is 8.42 Å². The molecule has 0 aliphatic carbocycles. The number of hydrogen-bond acceptors (Lipinski definition) is 6. The van der Waals surface area contributed by atoms with E-state index in [1.165, 1.54) is 6.07 Å². The Morgan fingerprint density at radius 3 is 2.50 bits per heavy atom. The summed E-state index contributed by atoms with van der Waals surface area (Å²) >= 11 is 10.3. The van der Waals surface area contributed by atoms with Gasteiger partial charge in [0, 0.05) is 37.2 Å². The van der Waals surface area contributed by atoms with E-state index in [0.717, 1.165) is 11.3 Å². The number of nitrogens with one attached hydrogen (secondary N) is 2. The molecule has 2 amide bonds. The summed E-state index contributed by atoms with van der Waals surface area (Å²) in [6.07, 6.45) is 0. The van der Waals surface area contributed by atoms with Crippen molar-refractivity contribution in [1.82, 2.24) is 19.8 Å². The van der Waals surface area contributed by atoms with Crippen molar-refractivity contribution in [2.45, 2.75) is 17.9 Å². The number of piperazine rings is 1. The number of amides is 2. The topological polar surface area (TPSA) is 98.8 Å². The first-order valence-electron chi connectivity index (χ1n) is 9.87. The molecule has 1 aromatic heterocycles. The van der Waals surface area contributed by atoms with Crippen LogP contribution in [0.4, 0.5) is 0 Å². The van der Waals surface area contributed by atoms with Crippen LogP contribution in [0.3, 0.4) is 0 Å². The lowest BCUT2D eigenvalue weighted by atomic mass is 10.2. The first-order chi connectivity index (χ1) is 15.1. The van der Waals surface area contributed by atoms with Gasteiger partial charge in [0.15, 0.2) is 0 Å². The van der Waals surface area contributed by atoms with Crippen LogP contribution in [0.2, 0.25) is 4.34 Å². The molecular formula is C20H24BrClN4O4S2. The van der Waals surface area contributed by atoms with Crippen molar-refractivity contribution in [1.29, 1.82) is 0 Å². The fraction of sp³-hybridized carbons (Fsp3) is 0.400. The normalized spacial score (nSPS) is 16.1. The van der Waals surface area contributed by atoms with Gasteiger partial charge in [-0.05, 0) is 43.8 Å². The van der Waals surface area contributed by atoms with Crippen LogP contribution < -0.4 is 10.0 Å². The highest BCUT2D eigenvalue weighted by Gasteiger charge is 2.32. The van der Waals surface area contributed by atoms with Gasteiger partial charge in [-0.15, -0.1) is 11.3 Å². The molecule has 12 heteroatoms. The second kappa shape index (κ2) is 10.6. The van der Waals surface area contributed by atoms with Crippen LogP contribution in [0.15, 0.2) is 39.7 Å². The molecule has 174 valence electrons. The Bertz CT molecular complexity index is 1100. The third-order valence-electron chi connectivity index (χ3n) is 5.18. The summed E-state index contributed by atoms with van der Waals surface area (Å²) < 4.78 is 29.9. The molecule has 0 unspecified atom stereocenters. The number of carbonyl (C=O) groups excluding carboxylic acids is 2. The Hall–Kier alpha value is -1.50. The fourth-order valence-corrected chi connectivity index (χ4v) is 6.19. The van der Waals surface area contributed by atoms with E-state index < -0.39 is 22.0 Å². The van der Waals surface area contributed by atoms with E-state index in [1.807, 2.05) is 7.05 Å². The van der Waals surface area contributed by atoms with Crippen LogP contribution in [-0.2, 0) is 14.8 Å². The molecule has 1 aliphatic heterocycles. The van der Waals surface area contributed by atoms with Crippen LogP contribution in [0.5, 0.6) is 0 Å². The Morgan fingerprint density at radius 2 is 1.88 bits per heavy atom. The van der Waals surface area contributed by atoms with Crippen LogP contribution in [0.25, 0.3) is 0 Å². The third-order valence-corrected chi connectivity index (χ3v) is 8.89. The molecule has 1 aromatic carbocycles. The zero-order valence-electron chi connectivity index (χ0n) is 17.6. The average molecular weight is 564 g/mol. The monoisotopic (exact) mass is 562 g/mol. The van der Waals surface area contributed by atoms with Crippen molar-refractivity contribution in [2.24, 2.45) is 0 Å². The van der Waals surface area contributed by atoms with Crippen LogP contribution >= 0.6 is 38.9 Å². The zero-order chi connectivity index (χ0) is 23.5. The molecule has 0 spiro atoms. The lowest BCUT2D eigenvalue weighted by Gasteiger charge is -2.34. The van der Waals surface area contributed by atoms with E-state index in [4.69, 9.17) is 11.6 Å². The molecule has 32 heavy (non-hydrogen) atoms. The zero-order valence-corrected chi connectivity index (χ0v) is 21.6. The highest BCUT2D eigenvalue weighted by molar-refractivity contribution is 9.10. The van der Waals surface area contributed by atoms with Gasteiger partial charge < -0.3 is 15.1 Å². The molecule has 1 fully saturated rings. The number of nitrogens with zero attached hydrogens (tertiary/aromatic N) is 2. The number of thiophene rings is 1. The maximum absolute atomic E-state index is 13.2. The van der Waals surface area contributed by atoms with Crippen LogP contribution in [-0.4, -0.2) is 75.8 Å². The Kier molecular flexibility index (Phi) is 8.34. The van der Waals surface area contributed by atoms with Crippen molar-refractivity contribution in [3.63, 3.8) is 0 Å². The second-order valence-corrected chi connectivity index (χ2v) is 11.7. The number of benzene rings is 1. The molecule has 8 nitrogen and oxygen atoms in total. The van der Waals surface area contributed by atoms with E-state index in [-0.39, 0.29) is 17.3 Å². The van der Waals surface area contributed by atoms with Crippen LogP contribution in [0, 0.1) is 6.92 Å². The van der Waals surface area contributed by atoms with Gasteiger partial charge in [-0.1, -0.05) is 33.6 Å². The molecule has 3 rings (SSSR count). The summed E-state index contributed by atoms with van der Waals surface area (Å²) in [7, 11) is -2.06. The number of likely N-dealkylation sites (N-methyl/N-ethyl adjacent to an activating group) is 1. The van der Waals surface area contributed by atoms with Gasteiger partial charge in [-0.3, -0.25) is 9.59 Å². The Balaban J connectivity index is 1.81. The Labute approximate surface area is 205 Å². The molecule has 2 aromatic rings. The molecule has 2 N–H and O–H groups in total. The number of rotatable bonds is 7. The van der Waals surface area contributed by atoms with Crippen LogP contribution in [0.1, 0.15) is 15.2 Å².